The van der Waals surface area contributed by atoms with Crippen LogP contribution in [0.5, 0.6) is 17.2 Å². The Labute approximate surface area is 133 Å². The fourth-order valence-corrected chi connectivity index (χ4v) is 4.24. The number of benzene rings is 1. The van der Waals surface area contributed by atoms with Gasteiger partial charge in [0.15, 0.2) is 11.5 Å². The van der Waals surface area contributed by atoms with Crippen molar-refractivity contribution in [2.45, 2.75) is 0 Å². The Hall–Kier alpha value is -1.21. The van der Waals surface area contributed by atoms with E-state index in [2.05, 4.69) is 4.98 Å². The second kappa shape index (κ2) is 6.99. The molecule has 20 heavy (non-hydrogen) atoms. The van der Waals surface area contributed by atoms with Crippen LogP contribution in [0.15, 0.2) is 30.5 Å². The Morgan fingerprint density at radius 1 is 1.00 bits per heavy atom. The molecule has 0 aliphatic carbocycles. The number of ether oxygens (including phenoxy) is 3. The SMILES string of the molecule is COc1cc(OC)c([I+]c2ccc(Cl)nc2)c(OC)c1. The van der Waals surface area contributed by atoms with Gasteiger partial charge in [0.05, 0.1) is 27.5 Å². The van der Waals surface area contributed by atoms with Crippen molar-refractivity contribution in [1.82, 2.24) is 4.98 Å². The minimum Gasteiger partial charge on any atom is -0.496 e. The molecular weight excluding hydrogens is 393 g/mol. The van der Waals surface area contributed by atoms with Crippen molar-refractivity contribution >= 4 is 11.6 Å². The van der Waals surface area contributed by atoms with Crippen LogP contribution in [0.25, 0.3) is 0 Å². The second-order valence-corrected chi connectivity index (χ2v) is 6.99. The number of aromatic nitrogens is 1. The van der Waals surface area contributed by atoms with Gasteiger partial charge in [-0.15, -0.1) is 0 Å². The van der Waals surface area contributed by atoms with Crippen LogP contribution in [0, 0.1) is 7.14 Å². The first-order valence-corrected chi connectivity index (χ1v) is 8.28. The lowest BCUT2D eigenvalue weighted by Crippen LogP contribution is -3.61. The van der Waals surface area contributed by atoms with Gasteiger partial charge in [-0.3, -0.25) is 0 Å². The van der Waals surface area contributed by atoms with Crippen molar-refractivity contribution < 1.29 is 35.4 Å². The third-order valence-electron chi connectivity index (χ3n) is 2.55. The van der Waals surface area contributed by atoms with Crippen molar-refractivity contribution in [3.8, 4) is 17.2 Å². The average molecular weight is 407 g/mol. The zero-order valence-electron chi connectivity index (χ0n) is 11.3. The molecule has 0 bridgehead atoms. The van der Waals surface area contributed by atoms with E-state index < -0.39 is 21.2 Å². The van der Waals surface area contributed by atoms with Gasteiger partial charge in [-0.25, -0.2) is 4.98 Å². The highest BCUT2D eigenvalue weighted by Crippen LogP contribution is 2.27. The molecule has 106 valence electrons. The molecule has 0 saturated heterocycles. The Kier molecular flexibility index (Phi) is 5.31. The Morgan fingerprint density at radius 3 is 2.10 bits per heavy atom. The lowest BCUT2D eigenvalue weighted by Gasteiger charge is -2.08. The van der Waals surface area contributed by atoms with Crippen LogP contribution < -0.4 is 35.4 Å². The van der Waals surface area contributed by atoms with E-state index in [0.717, 1.165) is 18.6 Å². The summed E-state index contributed by atoms with van der Waals surface area (Å²) in [4.78, 5) is 4.11. The van der Waals surface area contributed by atoms with E-state index in [1.54, 1.807) is 33.6 Å². The summed E-state index contributed by atoms with van der Waals surface area (Å²) in [5.74, 6) is 2.24. The van der Waals surface area contributed by atoms with Crippen LogP contribution in [0.3, 0.4) is 0 Å². The molecule has 0 atom stereocenters. The molecule has 0 amide bonds. The van der Waals surface area contributed by atoms with Crippen molar-refractivity contribution in [2.75, 3.05) is 21.3 Å². The summed E-state index contributed by atoms with van der Waals surface area (Å²) in [6.45, 7) is 0. The van der Waals surface area contributed by atoms with Gasteiger partial charge in [0.1, 0.15) is 10.9 Å². The lowest BCUT2D eigenvalue weighted by molar-refractivity contribution is -0.599. The van der Waals surface area contributed by atoms with Crippen LogP contribution >= 0.6 is 11.6 Å². The van der Waals surface area contributed by atoms with E-state index in [0.29, 0.717) is 10.9 Å². The minimum atomic E-state index is -0.485. The first kappa shape index (κ1) is 15.2. The largest absolute Gasteiger partial charge is 0.496 e. The Bertz CT molecular complexity index is 564. The molecule has 0 fully saturated rings. The van der Waals surface area contributed by atoms with E-state index in [4.69, 9.17) is 25.8 Å². The third-order valence-corrected chi connectivity index (χ3v) is 5.64. The molecule has 0 unspecified atom stereocenters. The number of pyridine rings is 1. The highest BCUT2D eigenvalue weighted by atomic mass is 127. The molecule has 4 nitrogen and oxygen atoms in total. The van der Waals surface area contributed by atoms with Crippen LogP contribution in [-0.4, -0.2) is 26.3 Å². The molecule has 0 spiro atoms. The summed E-state index contributed by atoms with van der Waals surface area (Å²) in [7, 11) is 4.90. The van der Waals surface area contributed by atoms with Crippen molar-refractivity contribution in [3.63, 3.8) is 0 Å². The van der Waals surface area contributed by atoms with Gasteiger partial charge in [-0.2, -0.15) is 0 Å². The van der Waals surface area contributed by atoms with Gasteiger partial charge >= 0.3 is 21.2 Å². The third kappa shape index (κ3) is 3.46. The minimum absolute atomic E-state index is 0.485. The molecule has 0 aliphatic heterocycles. The maximum Gasteiger partial charge on any atom is 0.367 e. The Balaban J connectivity index is 2.41. The van der Waals surface area contributed by atoms with E-state index in [1.807, 2.05) is 18.2 Å². The van der Waals surface area contributed by atoms with Gasteiger partial charge in [-0.1, -0.05) is 11.6 Å². The molecule has 2 rings (SSSR count). The van der Waals surface area contributed by atoms with Crippen molar-refractivity contribution in [1.29, 1.82) is 0 Å². The number of nitrogens with zero attached hydrogens (tertiary/aromatic N) is 1. The molecule has 0 saturated carbocycles. The first-order valence-electron chi connectivity index (χ1n) is 5.74. The van der Waals surface area contributed by atoms with Crippen LogP contribution in [0.4, 0.5) is 0 Å². The highest BCUT2D eigenvalue weighted by molar-refractivity contribution is 6.29. The van der Waals surface area contributed by atoms with Gasteiger partial charge in [0.2, 0.25) is 3.57 Å². The number of rotatable bonds is 5. The molecule has 2 aromatic rings. The van der Waals surface area contributed by atoms with Crippen LogP contribution in [0.1, 0.15) is 0 Å². The van der Waals surface area contributed by atoms with Gasteiger partial charge < -0.3 is 14.2 Å². The van der Waals surface area contributed by atoms with Gasteiger partial charge in [0.25, 0.3) is 3.57 Å². The van der Waals surface area contributed by atoms with E-state index in [-0.39, 0.29) is 0 Å². The summed E-state index contributed by atoms with van der Waals surface area (Å²) in [6.07, 6.45) is 1.79. The first-order chi connectivity index (χ1) is 9.67. The smallest absolute Gasteiger partial charge is 0.367 e. The van der Waals surface area contributed by atoms with E-state index in [1.165, 1.54) is 0 Å². The molecule has 0 aliphatic rings. The van der Waals surface area contributed by atoms with Crippen LogP contribution in [0.2, 0.25) is 5.15 Å². The van der Waals surface area contributed by atoms with Crippen molar-refractivity contribution in [2.24, 2.45) is 0 Å². The van der Waals surface area contributed by atoms with E-state index in [9.17, 15) is 0 Å². The van der Waals surface area contributed by atoms with Crippen molar-refractivity contribution in [3.05, 3.63) is 42.8 Å². The van der Waals surface area contributed by atoms with Gasteiger partial charge in [-0.05, 0) is 12.1 Å². The average Bonchev–Trinajstić information content (AvgIpc) is 2.49. The molecule has 1 aromatic carbocycles. The molecule has 1 heterocycles. The quantitative estimate of drug-likeness (QED) is 0.513. The second-order valence-electron chi connectivity index (χ2n) is 3.74. The standard InChI is InChI=1S/C14H14ClINO3/c1-18-10-6-11(19-2)14(12(7-10)20-3)16-9-4-5-13(15)17-8-9/h4-8H,1-3H3/q+1. The summed E-state index contributed by atoms with van der Waals surface area (Å²) >= 11 is 5.32. The molecule has 0 radical (unpaired) electrons. The normalized spacial score (nSPS) is 10.2. The maximum atomic E-state index is 5.81. The maximum absolute atomic E-state index is 5.81. The summed E-state index contributed by atoms with van der Waals surface area (Å²) < 4.78 is 18.3. The van der Waals surface area contributed by atoms with E-state index >= 15 is 0 Å². The summed E-state index contributed by atoms with van der Waals surface area (Å²) in [5, 5.41) is 0.492. The molecule has 6 heteroatoms. The number of hydrogen-bond donors (Lipinski definition) is 0. The number of methoxy groups -OCH3 is 3. The topological polar surface area (TPSA) is 40.6 Å². The predicted molar refractivity (Wildman–Crippen MR) is 72.7 cm³/mol. The zero-order valence-corrected chi connectivity index (χ0v) is 14.2. The highest BCUT2D eigenvalue weighted by Gasteiger charge is 2.28. The summed E-state index contributed by atoms with van der Waals surface area (Å²) in [6, 6.07) is 7.49. The molecular formula is C14H14ClINO3+. The lowest BCUT2D eigenvalue weighted by atomic mass is 10.3. The van der Waals surface area contributed by atoms with Crippen LogP contribution in [-0.2, 0) is 0 Å². The zero-order chi connectivity index (χ0) is 14.5. The molecule has 0 N–H and O–H groups in total. The monoisotopic (exact) mass is 406 g/mol. The fraction of sp³-hybridized carbons (Fsp3) is 0.214. The molecule has 1 aromatic heterocycles. The summed E-state index contributed by atoms with van der Waals surface area (Å²) in [5.41, 5.74) is 0. The van der Waals surface area contributed by atoms with Gasteiger partial charge in [0, 0.05) is 12.1 Å². The number of hydrogen-bond acceptors (Lipinski definition) is 4. The predicted octanol–water partition coefficient (Wildman–Crippen LogP) is -0.111. The number of halogens is 2. The fourth-order valence-electron chi connectivity index (χ4n) is 1.58. The Morgan fingerprint density at radius 2 is 1.65 bits per heavy atom.